The van der Waals surface area contributed by atoms with E-state index in [1.165, 1.54) is 16.9 Å². The molecular weight excluding hydrogens is 430 g/mol. The number of esters is 1. The number of allylic oxidation sites excluding steroid dienone is 2. The second-order valence-electron chi connectivity index (χ2n) is 10.7. The summed E-state index contributed by atoms with van der Waals surface area (Å²) < 4.78 is 5.45. The van der Waals surface area contributed by atoms with Crippen LogP contribution in [0.15, 0.2) is 41.0 Å². The van der Waals surface area contributed by atoms with Crippen molar-refractivity contribution in [2.45, 2.75) is 71.4 Å². The van der Waals surface area contributed by atoms with Crippen molar-refractivity contribution >= 4 is 34.2 Å². The SMILES string of the molecule is CCOC(=O)c1c(N=C/C=C2\N(C)c3ccccc3C2(C)C)sc2c1CC(C)(C)NC2(C)C. The Hall–Kier alpha value is -2.44. The number of benzene rings is 1. The summed E-state index contributed by atoms with van der Waals surface area (Å²) >= 11 is 1.59. The summed E-state index contributed by atoms with van der Waals surface area (Å²) in [5.41, 5.74) is 4.90. The number of hydrogen-bond acceptors (Lipinski definition) is 6. The smallest absolute Gasteiger partial charge is 0.341 e. The maximum absolute atomic E-state index is 13.0. The number of fused-ring (bicyclic) bond motifs is 2. The predicted octanol–water partition coefficient (Wildman–Crippen LogP) is 6.10. The third kappa shape index (κ3) is 4.04. The fraction of sp³-hybridized carbons (Fsp3) is 0.481. The molecule has 1 aromatic heterocycles. The molecule has 2 aliphatic heterocycles. The molecule has 176 valence electrons. The van der Waals surface area contributed by atoms with Crippen LogP contribution in [0.4, 0.5) is 10.7 Å². The van der Waals surface area contributed by atoms with Gasteiger partial charge in [0, 0.05) is 46.0 Å². The molecule has 4 rings (SSSR count). The number of carbonyl (C=O) groups is 1. The number of rotatable bonds is 4. The van der Waals surface area contributed by atoms with Crippen molar-refractivity contribution in [3.63, 3.8) is 0 Å². The van der Waals surface area contributed by atoms with Gasteiger partial charge in [-0.05, 0) is 64.3 Å². The van der Waals surface area contributed by atoms with Crippen LogP contribution < -0.4 is 10.2 Å². The topological polar surface area (TPSA) is 53.9 Å². The maximum atomic E-state index is 13.0. The molecule has 2 aromatic rings. The minimum Gasteiger partial charge on any atom is -0.462 e. The Labute approximate surface area is 201 Å². The van der Waals surface area contributed by atoms with Crippen LogP contribution in [-0.4, -0.2) is 31.4 Å². The van der Waals surface area contributed by atoms with Crippen LogP contribution in [0.5, 0.6) is 0 Å². The van der Waals surface area contributed by atoms with Crippen molar-refractivity contribution in [2.24, 2.45) is 4.99 Å². The number of aliphatic imine (C=N–C) groups is 1. The van der Waals surface area contributed by atoms with Gasteiger partial charge in [-0.25, -0.2) is 9.79 Å². The van der Waals surface area contributed by atoms with Gasteiger partial charge in [0.2, 0.25) is 0 Å². The van der Waals surface area contributed by atoms with Gasteiger partial charge in [0.1, 0.15) is 5.00 Å². The summed E-state index contributed by atoms with van der Waals surface area (Å²) in [6, 6.07) is 8.50. The first-order chi connectivity index (χ1) is 15.4. The molecule has 33 heavy (non-hydrogen) atoms. The molecule has 0 bridgehead atoms. The third-order valence-electron chi connectivity index (χ3n) is 6.67. The molecule has 3 heterocycles. The zero-order chi connectivity index (χ0) is 24.2. The molecular formula is C27H35N3O2S. The zero-order valence-electron chi connectivity index (χ0n) is 21.0. The fourth-order valence-electron chi connectivity index (χ4n) is 5.50. The Balaban J connectivity index is 1.76. The molecule has 0 saturated heterocycles. The van der Waals surface area contributed by atoms with Crippen LogP contribution in [-0.2, 0) is 22.1 Å². The molecule has 0 fully saturated rings. The van der Waals surface area contributed by atoms with Gasteiger partial charge < -0.3 is 15.0 Å². The molecule has 0 radical (unpaired) electrons. The number of nitrogens with zero attached hydrogens (tertiary/aromatic N) is 2. The average Bonchev–Trinajstić information content (AvgIpc) is 3.16. The van der Waals surface area contributed by atoms with Crippen LogP contribution in [0.3, 0.4) is 0 Å². The maximum Gasteiger partial charge on any atom is 0.341 e. The van der Waals surface area contributed by atoms with Gasteiger partial charge in [-0.15, -0.1) is 11.3 Å². The highest BCUT2D eigenvalue weighted by molar-refractivity contribution is 7.16. The van der Waals surface area contributed by atoms with E-state index in [1.807, 2.05) is 13.1 Å². The first kappa shape index (κ1) is 23.7. The van der Waals surface area contributed by atoms with Gasteiger partial charge in [-0.3, -0.25) is 0 Å². The highest BCUT2D eigenvalue weighted by atomic mass is 32.1. The van der Waals surface area contributed by atoms with Crippen molar-refractivity contribution in [3.05, 3.63) is 57.6 Å². The van der Waals surface area contributed by atoms with Gasteiger partial charge in [-0.1, -0.05) is 32.0 Å². The Morgan fingerprint density at radius 1 is 1.21 bits per heavy atom. The van der Waals surface area contributed by atoms with E-state index in [2.05, 4.69) is 89.1 Å². The second-order valence-corrected chi connectivity index (χ2v) is 11.7. The van der Waals surface area contributed by atoms with E-state index in [-0.39, 0.29) is 22.5 Å². The molecule has 0 amide bonds. The number of carbonyl (C=O) groups excluding carboxylic acids is 1. The largest absolute Gasteiger partial charge is 0.462 e. The lowest BCUT2D eigenvalue weighted by Gasteiger charge is -2.42. The molecule has 2 aliphatic rings. The molecule has 0 spiro atoms. The summed E-state index contributed by atoms with van der Waals surface area (Å²) in [6.45, 7) is 15.3. The van der Waals surface area contributed by atoms with Gasteiger partial charge in [0.25, 0.3) is 0 Å². The van der Waals surface area contributed by atoms with Crippen molar-refractivity contribution in [1.29, 1.82) is 0 Å². The Morgan fingerprint density at radius 2 is 1.91 bits per heavy atom. The van der Waals surface area contributed by atoms with Crippen LogP contribution in [0.25, 0.3) is 0 Å². The molecule has 0 saturated carbocycles. The molecule has 6 heteroatoms. The monoisotopic (exact) mass is 465 g/mol. The molecule has 1 aromatic carbocycles. The lowest BCUT2D eigenvalue weighted by atomic mass is 9.81. The Kier molecular flexibility index (Phi) is 5.82. The summed E-state index contributed by atoms with van der Waals surface area (Å²) in [4.78, 5) is 21.2. The predicted molar refractivity (Wildman–Crippen MR) is 138 cm³/mol. The standard InChI is InChI=1S/C27H35N3O2S/c1-9-32-24(31)21-17-16-25(2,3)29-27(6,7)22(17)33-23(21)28-15-14-20-26(4,5)18-12-10-11-13-19(18)30(20)8/h10-15,29H,9,16H2,1-8H3/b20-14-,28-15?. The number of anilines is 1. The molecule has 5 nitrogen and oxygen atoms in total. The number of para-hydroxylation sites is 1. The molecule has 0 unspecified atom stereocenters. The first-order valence-corrected chi connectivity index (χ1v) is 12.4. The zero-order valence-corrected chi connectivity index (χ0v) is 21.8. The van der Waals surface area contributed by atoms with E-state index >= 15 is 0 Å². The number of thiophene rings is 1. The Morgan fingerprint density at radius 3 is 2.58 bits per heavy atom. The van der Waals surface area contributed by atoms with E-state index in [4.69, 9.17) is 9.73 Å². The fourth-order valence-corrected chi connectivity index (χ4v) is 6.72. The molecule has 0 atom stereocenters. The number of nitrogens with one attached hydrogen (secondary N) is 1. The summed E-state index contributed by atoms with van der Waals surface area (Å²) in [7, 11) is 2.09. The van der Waals surface area contributed by atoms with Gasteiger partial charge in [0.05, 0.1) is 12.2 Å². The minimum atomic E-state index is -0.283. The van der Waals surface area contributed by atoms with E-state index in [0.717, 1.165) is 21.9 Å². The summed E-state index contributed by atoms with van der Waals surface area (Å²) in [5.74, 6) is -0.283. The number of hydrogen-bond donors (Lipinski definition) is 1. The van der Waals surface area contributed by atoms with E-state index in [1.54, 1.807) is 11.3 Å². The molecule has 0 aliphatic carbocycles. The van der Waals surface area contributed by atoms with Crippen molar-refractivity contribution < 1.29 is 9.53 Å². The van der Waals surface area contributed by atoms with Crippen LogP contribution in [0.1, 0.15) is 74.8 Å². The van der Waals surface area contributed by atoms with Crippen LogP contribution >= 0.6 is 11.3 Å². The van der Waals surface area contributed by atoms with Gasteiger partial charge in [-0.2, -0.15) is 0 Å². The van der Waals surface area contributed by atoms with Crippen LogP contribution in [0, 0.1) is 0 Å². The Bertz CT molecular complexity index is 1150. The van der Waals surface area contributed by atoms with Gasteiger partial charge in [0.15, 0.2) is 0 Å². The highest BCUT2D eigenvalue weighted by Crippen LogP contribution is 2.48. The number of likely N-dealkylation sites (N-methyl/N-ethyl adjacent to an activating group) is 1. The van der Waals surface area contributed by atoms with Crippen LogP contribution in [0.2, 0.25) is 0 Å². The van der Waals surface area contributed by atoms with Crippen molar-refractivity contribution in [1.82, 2.24) is 5.32 Å². The number of ether oxygens (including phenoxy) is 1. The minimum absolute atomic E-state index is 0.119. The lowest BCUT2D eigenvalue weighted by molar-refractivity contribution is 0.0525. The average molecular weight is 466 g/mol. The summed E-state index contributed by atoms with van der Waals surface area (Å²) in [5, 5.41) is 4.44. The van der Waals surface area contributed by atoms with Crippen molar-refractivity contribution in [2.75, 3.05) is 18.6 Å². The quantitative estimate of drug-likeness (QED) is 0.438. The van der Waals surface area contributed by atoms with E-state index in [9.17, 15) is 4.79 Å². The first-order valence-electron chi connectivity index (χ1n) is 11.6. The van der Waals surface area contributed by atoms with E-state index in [0.29, 0.717) is 12.2 Å². The lowest BCUT2D eigenvalue weighted by Crippen LogP contribution is -2.55. The second kappa shape index (κ2) is 8.10. The van der Waals surface area contributed by atoms with Gasteiger partial charge >= 0.3 is 5.97 Å². The van der Waals surface area contributed by atoms with Crippen molar-refractivity contribution in [3.8, 4) is 0 Å². The normalized spacial score (nSPS) is 21.3. The third-order valence-corrected chi connectivity index (χ3v) is 8.13. The highest BCUT2D eigenvalue weighted by Gasteiger charge is 2.42. The molecule has 1 N–H and O–H groups in total. The summed E-state index contributed by atoms with van der Waals surface area (Å²) in [6.07, 6.45) is 4.67. The van der Waals surface area contributed by atoms with E-state index < -0.39 is 0 Å².